The molecule has 1 atom stereocenters. The highest BCUT2D eigenvalue weighted by atomic mass is 35.5. The number of hydrogen-bond donors (Lipinski definition) is 1. The number of benzene rings is 1. The van der Waals surface area contributed by atoms with Gasteiger partial charge in [-0.05, 0) is 25.0 Å². The van der Waals surface area contributed by atoms with Gasteiger partial charge in [0, 0.05) is 37.0 Å². The first-order chi connectivity index (χ1) is 13.7. The molecule has 0 spiro atoms. The van der Waals surface area contributed by atoms with Crippen LogP contribution in [-0.4, -0.2) is 69.5 Å². The number of aromatic nitrogens is 3. The minimum atomic E-state index is -0.402. The maximum absolute atomic E-state index is 10.5. The van der Waals surface area contributed by atoms with E-state index in [2.05, 4.69) is 19.7 Å². The SMILES string of the molecule is O[C@@H](CSc1nnc(-c2ccccc2Cl)n1C1CCCC1)CN1CCOCC1. The van der Waals surface area contributed by atoms with Gasteiger partial charge in [0.05, 0.1) is 24.3 Å². The molecular formula is C20H27ClN4O2S. The summed E-state index contributed by atoms with van der Waals surface area (Å²) < 4.78 is 7.63. The number of hydrogen-bond acceptors (Lipinski definition) is 6. The Morgan fingerprint density at radius 2 is 1.93 bits per heavy atom. The largest absolute Gasteiger partial charge is 0.391 e. The Kier molecular flexibility index (Phi) is 6.90. The molecule has 1 aromatic carbocycles. The molecule has 2 aromatic rings. The smallest absolute Gasteiger partial charge is 0.191 e. The van der Waals surface area contributed by atoms with E-state index in [4.69, 9.17) is 16.3 Å². The average molecular weight is 423 g/mol. The lowest BCUT2D eigenvalue weighted by Crippen LogP contribution is -2.41. The monoisotopic (exact) mass is 422 g/mol. The van der Waals surface area contributed by atoms with Gasteiger partial charge in [0.2, 0.25) is 0 Å². The predicted molar refractivity (Wildman–Crippen MR) is 112 cm³/mol. The van der Waals surface area contributed by atoms with Crippen LogP contribution < -0.4 is 0 Å². The highest BCUT2D eigenvalue weighted by molar-refractivity contribution is 7.99. The van der Waals surface area contributed by atoms with Crippen molar-refractivity contribution in [3.8, 4) is 11.4 Å². The fourth-order valence-corrected chi connectivity index (χ4v) is 5.14. The molecule has 0 radical (unpaired) electrons. The number of rotatable bonds is 7. The van der Waals surface area contributed by atoms with Gasteiger partial charge in [-0.25, -0.2) is 0 Å². The molecule has 0 unspecified atom stereocenters. The Morgan fingerprint density at radius 1 is 1.18 bits per heavy atom. The van der Waals surface area contributed by atoms with Gasteiger partial charge in [-0.3, -0.25) is 9.47 Å². The second kappa shape index (κ2) is 9.59. The van der Waals surface area contributed by atoms with Crippen molar-refractivity contribution in [3.63, 3.8) is 0 Å². The number of aliphatic hydroxyl groups is 1. The van der Waals surface area contributed by atoms with Crippen molar-refractivity contribution in [1.82, 2.24) is 19.7 Å². The zero-order valence-corrected chi connectivity index (χ0v) is 17.5. The van der Waals surface area contributed by atoms with Gasteiger partial charge in [0.1, 0.15) is 0 Å². The maximum Gasteiger partial charge on any atom is 0.191 e. The van der Waals surface area contributed by atoms with Crippen molar-refractivity contribution in [2.75, 3.05) is 38.6 Å². The molecule has 8 heteroatoms. The van der Waals surface area contributed by atoms with Crippen LogP contribution in [0.5, 0.6) is 0 Å². The third-order valence-electron chi connectivity index (χ3n) is 5.45. The molecule has 0 amide bonds. The van der Waals surface area contributed by atoms with Crippen LogP contribution in [0.4, 0.5) is 0 Å². The summed E-state index contributed by atoms with van der Waals surface area (Å²) in [5.41, 5.74) is 0.921. The molecular weight excluding hydrogens is 396 g/mol. The van der Waals surface area contributed by atoms with E-state index < -0.39 is 6.10 Å². The van der Waals surface area contributed by atoms with E-state index in [0.717, 1.165) is 55.7 Å². The van der Waals surface area contributed by atoms with Crippen LogP contribution in [0.3, 0.4) is 0 Å². The number of thioether (sulfide) groups is 1. The van der Waals surface area contributed by atoms with Gasteiger partial charge in [-0.1, -0.05) is 48.3 Å². The Hall–Kier alpha value is -1.12. The van der Waals surface area contributed by atoms with E-state index in [9.17, 15) is 5.11 Å². The van der Waals surface area contributed by atoms with E-state index in [1.165, 1.54) is 12.8 Å². The number of β-amino-alcohol motifs (C(OH)–C–C–N with tert-alkyl or cyclic N) is 1. The summed E-state index contributed by atoms with van der Waals surface area (Å²) in [5, 5.41) is 21.0. The van der Waals surface area contributed by atoms with Crippen molar-refractivity contribution < 1.29 is 9.84 Å². The highest BCUT2D eigenvalue weighted by Gasteiger charge is 2.26. The molecule has 1 aromatic heterocycles. The van der Waals surface area contributed by atoms with Crippen LogP contribution in [0.1, 0.15) is 31.7 Å². The Morgan fingerprint density at radius 3 is 2.68 bits per heavy atom. The molecule has 6 nitrogen and oxygen atoms in total. The van der Waals surface area contributed by atoms with Crippen molar-refractivity contribution in [2.24, 2.45) is 0 Å². The van der Waals surface area contributed by atoms with Crippen LogP contribution in [0, 0.1) is 0 Å². The van der Waals surface area contributed by atoms with Gasteiger partial charge in [-0.15, -0.1) is 10.2 Å². The van der Waals surface area contributed by atoms with Crippen LogP contribution in [-0.2, 0) is 4.74 Å². The lowest BCUT2D eigenvalue weighted by molar-refractivity contribution is 0.0188. The van der Waals surface area contributed by atoms with Crippen molar-refractivity contribution >= 4 is 23.4 Å². The topological polar surface area (TPSA) is 63.4 Å². The van der Waals surface area contributed by atoms with Gasteiger partial charge >= 0.3 is 0 Å². The molecule has 1 N–H and O–H groups in total. The van der Waals surface area contributed by atoms with Crippen LogP contribution in [0.15, 0.2) is 29.4 Å². The summed E-state index contributed by atoms with van der Waals surface area (Å²) in [5.74, 6) is 1.44. The third kappa shape index (κ3) is 4.71. The third-order valence-corrected chi connectivity index (χ3v) is 6.86. The first kappa shape index (κ1) is 20.2. The van der Waals surface area contributed by atoms with Crippen LogP contribution >= 0.6 is 23.4 Å². The first-order valence-corrected chi connectivity index (χ1v) is 11.4. The van der Waals surface area contributed by atoms with Crippen LogP contribution in [0.2, 0.25) is 5.02 Å². The fourth-order valence-electron chi connectivity index (χ4n) is 4.00. The summed E-state index contributed by atoms with van der Waals surface area (Å²) in [6, 6.07) is 8.21. The van der Waals surface area contributed by atoms with Crippen molar-refractivity contribution in [2.45, 2.75) is 43.0 Å². The normalized spacial score (nSPS) is 19.9. The number of ether oxygens (including phenoxy) is 1. The van der Waals surface area contributed by atoms with Crippen LogP contribution in [0.25, 0.3) is 11.4 Å². The maximum atomic E-state index is 10.5. The summed E-state index contributed by atoms with van der Waals surface area (Å²) in [6.45, 7) is 3.94. The number of nitrogens with zero attached hydrogens (tertiary/aromatic N) is 4. The van der Waals surface area contributed by atoms with E-state index in [1.54, 1.807) is 11.8 Å². The van der Waals surface area contributed by atoms with E-state index in [-0.39, 0.29) is 0 Å². The lowest BCUT2D eigenvalue weighted by Gasteiger charge is -2.28. The standard InChI is InChI=1S/C20H27ClN4O2S/c21-18-8-4-3-7-17(18)19-22-23-20(25(19)15-5-1-2-6-15)28-14-16(26)13-24-9-11-27-12-10-24/h3-4,7-8,15-16,26H,1-2,5-6,9-14H2/t16-/m1/s1. The second-order valence-corrected chi connectivity index (χ2v) is 8.87. The Bertz CT molecular complexity index is 775. The number of morpholine rings is 1. The fraction of sp³-hybridized carbons (Fsp3) is 0.600. The number of halogens is 1. The van der Waals surface area contributed by atoms with Gasteiger partial charge in [0.25, 0.3) is 0 Å². The summed E-state index contributed by atoms with van der Waals surface area (Å²) in [6.07, 6.45) is 4.34. The van der Waals surface area contributed by atoms with Gasteiger partial charge in [0.15, 0.2) is 11.0 Å². The molecule has 2 heterocycles. The highest BCUT2D eigenvalue weighted by Crippen LogP contribution is 2.38. The zero-order valence-electron chi connectivity index (χ0n) is 16.0. The quantitative estimate of drug-likeness (QED) is 0.689. The lowest BCUT2D eigenvalue weighted by atomic mass is 10.2. The summed E-state index contributed by atoms with van der Waals surface area (Å²) >= 11 is 8.03. The van der Waals surface area contributed by atoms with E-state index in [1.807, 2.05) is 24.3 Å². The minimum absolute atomic E-state index is 0.402. The van der Waals surface area contributed by atoms with E-state index >= 15 is 0 Å². The van der Waals surface area contributed by atoms with Crippen molar-refractivity contribution in [1.29, 1.82) is 0 Å². The van der Waals surface area contributed by atoms with E-state index in [0.29, 0.717) is 23.4 Å². The zero-order chi connectivity index (χ0) is 19.3. The molecule has 1 saturated carbocycles. The minimum Gasteiger partial charge on any atom is -0.391 e. The molecule has 0 bridgehead atoms. The predicted octanol–water partition coefficient (Wildman–Crippen LogP) is 3.50. The molecule has 1 saturated heterocycles. The molecule has 1 aliphatic carbocycles. The first-order valence-electron chi connectivity index (χ1n) is 10.0. The van der Waals surface area contributed by atoms with Gasteiger partial charge in [-0.2, -0.15) is 0 Å². The Balaban J connectivity index is 1.49. The summed E-state index contributed by atoms with van der Waals surface area (Å²) in [4.78, 5) is 2.26. The van der Waals surface area contributed by atoms with Gasteiger partial charge < -0.3 is 9.84 Å². The molecule has 4 rings (SSSR count). The molecule has 152 valence electrons. The Labute approximate surface area is 175 Å². The second-order valence-electron chi connectivity index (χ2n) is 7.47. The molecule has 2 fully saturated rings. The summed E-state index contributed by atoms with van der Waals surface area (Å²) in [7, 11) is 0. The molecule has 1 aliphatic heterocycles. The number of aliphatic hydroxyl groups excluding tert-OH is 1. The average Bonchev–Trinajstić information content (AvgIpc) is 3.37. The molecule has 28 heavy (non-hydrogen) atoms. The molecule has 2 aliphatic rings. The van der Waals surface area contributed by atoms with Crippen molar-refractivity contribution in [3.05, 3.63) is 29.3 Å².